The SMILES string of the molecule is CCOC(=O)C1=C(COC(=O)c2ccccc2S(=O)CC)NC(=O)NC1C. The van der Waals surface area contributed by atoms with Gasteiger partial charge in [0.15, 0.2) is 0 Å². The number of carbonyl (C=O) groups is 3. The first kappa shape index (κ1) is 20.6. The zero-order chi connectivity index (χ0) is 20.0. The molecule has 2 unspecified atom stereocenters. The van der Waals surface area contributed by atoms with Crippen molar-refractivity contribution in [2.75, 3.05) is 19.0 Å². The lowest BCUT2D eigenvalue weighted by atomic mass is 10.0. The van der Waals surface area contributed by atoms with E-state index in [-0.39, 0.29) is 30.0 Å². The summed E-state index contributed by atoms with van der Waals surface area (Å²) in [5, 5.41) is 5.04. The van der Waals surface area contributed by atoms with Gasteiger partial charge in [-0.05, 0) is 26.0 Å². The smallest absolute Gasteiger partial charge is 0.339 e. The minimum absolute atomic E-state index is 0.159. The number of nitrogens with one attached hydrogen (secondary N) is 2. The molecule has 0 saturated heterocycles. The van der Waals surface area contributed by atoms with Crippen molar-refractivity contribution in [3.05, 3.63) is 41.1 Å². The van der Waals surface area contributed by atoms with E-state index >= 15 is 0 Å². The number of benzene rings is 1. The fraction of sp³-hybridized carbons (Fsp3) is 0.389. The Kier molecular flexibility index (Phi) is 7.12. The van der Waals surface area contributed by atoms with Crippen molar-refractivity contribution in [2.45, 2.75) is 31.7 Å². The van der Waals surface area contributed by atoms with Gasteiger partial charge in [0.1, 0.15) is 6.61 Å². The Hall–Kier alpha value is -2.68. The third-order valence-corrected chi connectivity index (χ3v) is 5.20. The lowest BCUT2D eigenvalue weighted by Gasteiger charge is -2.26. The third-order valence-electron chi connectivity index (χ3n) is 3.83. The Morgan fingerprint density at radius 2 is 1.85 bits per heavy atom. The Bertz CT molecular complexity index is 805. The van der Waals surface area contributed by atoms with E-state index in [1.54, 1.807) is 39.0 Å². The van der Waals surface area contributed by atoms with Crippen LogP contribution in [-0.2, 0) is 25.1 Å². The number of esters is 2. The Balaban J connectivity index is 2.24. The summed E-state index contributed by atoms with van der Waals surface area (Å²) in [6, 6.07) is 5.37. The number of amides is 2. The molecular formula is C18H22N2O6S. The number of carbonyl (C=O) groups excluding carboxylic acids is 3. The van der Waals surface area contributed by atoms with Gasteiger partial charge in [0.05, 0.1) is 45.2 Å². The quantitative estimate of drug-likeness (QED) is 0.678. The molecule has 1 aliphatic rings. The van der Waals surface area contributed by atoms with E-state index in [0.717, 1.165) is 0 Å². The summed E-state index contributed by atoms with van der Waals surface area (Å²) in [6.45, 7) is 4.90. The molecular weight excluding hydrogens is 372 g/mol. The summed E-state index contributed by atoms with van der Waals surface area (Å²) >= 11 is 0. The molecule has 0 bridgehead atoms. The summed E-state index contributed by atoms with van der Waals surface area (Å²) in [6.07, 6.45) is 0. The average molecular weight is 394 g/mol. The van der Waals surface area contributed by atoms with E-state index in [1.807, 2.05) is 0 Å². The summed E-state index contributed by atoms with van der Waals surface area (Å²) in [5.74, 6) is -0.929. The highest BCUT2D eigenvalue weighted by Gasteiger charge is 2.30. The van der Waals surface area contributed by atoms with E-state index in [0.29, 0.717) is 10.6 Å². The van der Waals surface area contributed by atoms with Gasteiger partial charge in [0.25, 0.3) is 0 Å². The molecule has 1 heterocycles. The maximum Gasteiger partial charge on any atom is 0.339 e. The van der Waals surface area contributed by atoms with Crippen LogP contribution in [0.3, 0.4) is 0 Å². The summed E-state index contributed by atoms with van der Waals surface area (Å²) in [5.41, 5.74) is 0.533. The van der Waals surface area contributed by atoms with E-state index in [2.05, 4.69) is 10.6 Å². The first-order valence-corrected chi connectivity index (χ1v) is 9.83. The molecule has 2 N–H and O–H groups in total. The molecule has 27 heavy (non-hydrogen) atoms. The molecule has 0 aliphatic carbocycles. The largest absolute Gasteiger partial charge is 0.463 e. The van der Waals surface area contributed by atoms with Crippen molar-refractivity contribution in [3.8, 4) is 0 Å². The molecule has 0 fully saturated rings. The molecule has 9 heteroatoms. The van der Waals surface area contributed by atoms with Gasteiger partial charge in [-0.2, -0.15) is 0 Å². The van der Waals surface area contributed by atoms with Crippen LogP contribution in [0.2, 0.25) is 0 Å². The van der Waals surface area contributed by atoms with E-state index in [1.165, 1.54) is 6.07 Å². The highest BCUT2D eigenvalue weighted by molar-refractivity contribution is 7.85. The second kappa shape index (κ2) is 9.31. The molecule has 0 saturated carbocycles. The van der Waals surface area contributed by atoms with Gasteiger partial charge in [0.2, 0.25) is 0 Å². The normalized spacial score (nSPS) is 17.6. The van der Waals surface area contributed by atoms with Gasteiger partial charge in [-0.1, -0.05) is 19.1 Å². The summed E-state index contributed by atoms with van der Waals surface area (Å²) in [4.78, 5) is 36.7. The van der Waals surface area contributed by atoms with E-state index in [9.17, 15) is 18.6 Å². The van der Waals surface area contributed by atoms with E-state index < -0.39 is 34.8 Å². The van der Waals surface area contributed by atoms with Crippen LogP contribution in [-0.4, -0.2) is 47.2 Å². The minimum atomic E-state index is -1.33. The van der Waals surface area contributed by atoms with Crippen molar-refractivity contribution < 1.29 is 28.1 Å². The summed E-state index contributed by atoms with van der Waals surface area (Å²) in [7, 11) is -1.33. The molecule has 8 nitrogen and oxygen atoms in total. The molecule has 1 aliphatic heterocycles. The monoisotopic (exact) mass is 394 g/mol. The average Bonchev–Trinajstić information content (AvgIpc) is 2.65. The highest BCUT2D eigenvalue weighted by atomic mass is 32.2. The lowest BCUT2D eigenvalue weighted by Crippen LogP contribution is -2.50. The molecule has 1 aromatic carbocycles. The number of rotatable bonds is 7. The Morgan fingerprint density at radius 1 is 1.15 bits per heavy atom. The Labute approximate surface area is 159 Å². The van der Waals surface area contributed by atoms with Crippen LogP contribution >= 0.6 is 0 Å². The second-order valence-corrected chi connectivity index (χ2v) is 7.35. The van der Waals surface area contributed by atoms with Gasteiger partial charge in [0, 0.05) is 5.75 Å². The van der Waals surface area contributed by atoms with Gasteiger partial charge in [-0.15, -0.1) is 0 Å². The standard InChI is InChI=1S/C18H22N2O6S/c1-4-25-17(22)15-11(3)19-18(23)20-13(15)10-26-16(21)12-8-6-7-9-14(12)27(24)5-2/h6-9,11H,4-5,10H2,1-3H3,(H2,19,20,23). The van der Waals surface area contributed by atoms with Crippen LogP contribution in [0.25, 0.3) is 0 Å². The highest BCUT2D eigenvalue weighted by Crippen LogP contribution is 2.18. The predicted molar refractivity (Wildman–Crippen MR) is 98.5 cm³/mol. The van der Waals surface area contributed by atoms with E-state index in [4.69, 9.17) is 9.47 Å². The van der Waals surface area contributed by atoms with Crippen molar-refractivity contribution in [3.63, 3.8) is 0 Å². The number of urea groups is 1. The molecule has 0 radical (unpaired) electrons. The molecule has 2 atom stereocenters. The van der Waals surface area contributed by atoms with Gasteiger partial charge < -0.3 is 20.1 Å². The minimum Gasteiger partial charge on any atom is -0.463 e. The number of hydrogen-bond donors (Lipinski definition) is 2. The first-order valence-electron chi connectivity index (χ1n) is 8.51. The van der Waals surface area contributed by atoms with Crippen molar-refractivity contribution in [1.29, 1.82) is 0 Å². The van der Waals surface area contributed by atoms with Crippen LogP contribution < -0.4 is 10.6 Å². The molecule has 2 amide bonds. The van der Waals surface area contributed by atoms with Crippen LogP contribution in [0.1, 0.15) is 31.1 Å². The zero-order valence-corrected chi connectivity index (χ0v) is 16.2. The fourth-order valence-corrected chi connectivity index (χ4v) is 3.54. The molecule has 146 valence electrons. The van der Waals surface area contributed by atoms with Crippen molar-refractivity contribution >= 4 is 28.8 Å². The fourth-order valence-electron chi connectivity index (χ4n) is 2.60. The van der Waals surface area contributed by atoms with Crippen LogP contribution in [0, 0.1) is 0 Å². The van der Waals surface area contributed by atoms with Crippen LogP contribution in [0.5, 0.6) is 0 Å². The molecule has 0 spiro atoms. The molecule has 0 aromatic heterocycles. The second-order valence-electron chi connectivity index (χ2n) is 5.64. The first-order chi connectivity index (χ1) is 12.9. The number of hydrogen-bond acceptors (Lipinski definition) is 6. The van der Waals surface area contributed by atoms with Gasteiger partial charge in [-0.25, -0.2) is 14.4 Å². The third kappa shape index (κ3) is 4.94. The van der Waals surface area contributed by atoms with Crippen molar-refractivity contribution in [1.82, 2.24) is 10.6 Å². The van der Waals surface area contributed by atoms with Crippen LogP contribution in [0.4, 0.5) is 4.79 Å². The predicted octanol–water partition coefficient (Wildman–Crippen LogP) is 1.49. The zero-order valence-electron chi connectivity index (χ0n) is 15.4. The number of ether oxygens (including phenoxy) is 2. The van der Waals surface area contributed by atoms with Gasteiger partial charge in [-0.3, -0.25) is 4.21 Å². The molecule has 2 rings (SSSR count). The Morgan fingerprint density at radius 3 is 2.52 bits per heavy atom. The van der Waals surface area contributed by atoms with Crippen molar-refractivity contribution in [2.24, 2.45) is 0 Å². The summed E-state index contributed by atoms with van der Waals surface area (Å²) < 4.78 is 22.4. The van der Waals surface area contributed by atoms with Crippen LogP contribution in [0.15, 0.2) is 40.4 Å². The lowest BCUT2D eigenvalue weighted by molar-refractivity contribution is -0.139. The maximum absolute atomic E-state index is 12.5. The topological polar surface area (TPSA) is 111 Å². The van der Waals surface area contributed by atoms with Gasteiger partial charge >= 0.3 is 18.0 Å². The molecule has 1 aromatic rings. The maximum atomic E-state index is 12.5.